The van der Waals surface area contributed by atoms with E-state index in [1.807, 2.05) is 12.1 Å². The molecular formula is C13H9FN4O2. The molecule has 20 heavy (non-hydrogen) atoms. The summed E-state index contributed by atoms with van der Waals surface area (Å²) in [6.07, 6.45) is 0. The first kappa shape index (κ1) is 12.2. The summed E-state index contributed by atoms with van der Waals surface area (Å²) in [6, 6.07) is 10.2. The molecule has 1 aromatic heterocycles. The lowest BCUT2D eigenvalue weighted by Crippen LogP contribution is -2.12. The van der Waals surface area contributed by atoms with E-state index in [0.29, 0.717) is 5.39 Å². The van der Waals surface area contributed by atoms with Gasteiger partial charge in [-0.05, 0) is 27.3 Å². The van der Waals surface area contributed by atoms with Crippen molar-refractivity contribution in [3.8, 4) is 11.4 Å². The van der Waals surface area contributed by atoms with E-state index in [-0.39, 0.29) is 11.4 Å². The van der Waals surface area contributed by atoms with Crippen molar-refractivity contribution in [3.63, 3.8) is 0 Å². The van der Waals surface area contributed by atoms with Crippen molar-refractivity contribution in [1.82, 2.24) is 20.2 Å². The number of carboxylic acids is 1. The molecule has 0 aliphatic rings. The van der Waals surface area contributed by atoms with Gasteiger partial charge in [-0.15, -0.1) is 5.10 Å². The lowest BCUT2D eigenvalue weighted by molar-refractivity contribution is -0.137. The van der Waals surface area contributed by atoms with Crippen molar-refractivity contribution < 1.29 is 14.3 Å². The maximum atomic E-state index is 14.1. The maximum absolute atomic E-state index is 14.1. The molecule has 0 saturated carbocycles. The molecule has 3 aromatic rings. The van der Waals surface area contributed by atoms with Gasteiger partial charge >= 0.3 is 5.97 Å². The van der Waals surface area contributed by atoms with Gasteiger partial charge in [-0.3, -0.25) is 4.79 Å². The molecule has 6 nitrogen and oxygen atoms in total. The molecule has 0 radical (unpaired) electrons. The van der Waals surface area contributed by atoms with E-state index in [1.165, 1.54) is 6.07 Å². The number of hydrogen-bond donors (Lipinski definition) is 1. The Morgan fingerprint density at radius 2 is 2.05 bits per heavy atom. The van der Waals surface area contributed by atoms with E-state index in [9.17, 15) is 9.18 Å². The van der Waals surface area contributed by atoms with Gasteiger partial charge < -0.3 is 5.11 Å². The first-order chi connectivity index (χ1) is 9.66. The number of aliphatic carboxylic acids is 1. The lowest BCUT2D eigenvalue weighted by Gasteiger charge is -2.07. The molecule has 0 fully saturated rings. The molecule has 0 unspecified atom stereocenters. The minimum Gasteiger partial charge on any atom is -0.480 e. The van der Waals surface area contributed by atoms with Crippen LogP contribution in [0.2, 0.25) is 0 Å². The quantitative estimate of drug-likeness (QED) is 0.785. The Hall–Kier alpha value is -2.83. The average Bonchev–Trinajstić information content (AvgIpc) is 2.85. The minimum absolute atomic E-state index is 0.0988. The lowest BCUT2D eigenvalue weighted by atomic mass is 10.0. The van der Waals surface area contributed by atoms with Crippen LogP contribution in [0, 0.1) is 5.82 Å². The third kappa shape index (κ3) is 1.99. The largest absolute Gasteiger partial charge is 0.480 e. The van der Waals surface area contributed by atoms with E-state index in [0.717, 1.165) is 10.1 Å². The Morgan fingerprint density at radius 3 is 2.85 bits per heavy atom. The highest BCUT2D eigenvalue weighted by molar-refractivity contribution is 5.95. The zero-order valence-electron chi connectivity index (χ0n) is 10.2. The Bertz CT molecular complexity index is 800. The number of benzene rings is 2. The van der Waals surface area contributed by atoms with Crippen LogP contribution in [-0.2, 0) is 11.3 Å². The number of hydrogen-bond acceptors (Lipinski definition) is 4. The fraction of sp³-hybridized carbons (Fsp3) is 0.0769. The molecular weight excluding hydrogens is 263 g/mol. The summed E-state index contributed by atoms with van der Waals surface area (Å²) in [6.45, 7) is -0.426. The zero-order valence-corrected chi connectivity index (χ0v) is 10.2. The molecule has 100 valence electrons. The van der Waals surface area contributed by atoms with Crippen molar-refractivity contribution >= 4 is 16.7 Å². The Morgan fingerprint density at radius 1 is 1.25 bits per heavy atom. The molecule has 0 spiro atoms. The van der Waals surface area contributed by atoms with Crippen LogP contribution in [0.1, 0.15) is 0 Å². The molecule has 0 aliphatic carbocycles. The summed E-state index contributed by atoms with van der Waals surface area (Å²) >= 11 is 0. The van der Waals surface area contributed by atoms with Crippen LogP contribution >= 0.6 is 0 Å². The monoisotopic (exact) mass is 272 g/mol. The third-order valence-electron chi connectivity index (χ3n) is 2.92. The van der Waals surface area contributed by atoms with E-state index >= 15 is 0 Å². The third-order valence-corrected chi connectivity index (χ3v) is 2.92. The molecule has 3 rings (SSSR count). The summed E-state index contributed by atoms with van der Waals surface area (Å²) in [5.41, 5.74) is 0.203. The number of tetrazole rings is 1. The first-order valence-corrected chi connectivity index (χ1v) is 5.82. The van der Waals surface area contributed by atoms with Crippen LogP contribution in [0.4, 0.5) is 4.39 Å². The van der Waals surface area contributed by atoms with Gasteiger partial charge in [0.15, 0.2) is 5.82 Å². The van der Waals surface area contributed by atoms with Crippen LogP contribution < -0.4 is 0 Å². The summed E-state index contributed by atoms with van der Waals surface area (Å²) in [5.74, 6) is -1.49. The second kappa shape index (κ2) is 4.69. The average molecular weight is 272 g/mol. The summed E-state index contributed by atoms with van der Waals surface area (Å²) in [4.78, 5) is 10.8. The standard InChI is InChI=1S/C13H9FN4O2/c14-10-6-5-8-3-1-2-4-9(8)12(10)13-15-16-17-18(13)7-11(19)20/h1-6H,7H2,(H,19,20). The number of halogens is 1. The van der Waals surface area contributed by atoms with Crippen molar-refractivity contribution in [2.24, 2.45) is 0 Å². The molecule has 0 amide bonds. The number of fused-ring (bicyclic) bond motifs is 1. The molecule has 2 aromatic carbocycles. The number of nitrogens with zero attached hydrogens (tertiary/aromatic N) is 4. The van der Waals surface area contributed by atoms with Crippen LogP contribution in [0.15, 0.2) is 36.4 Å². The first-order valence-electron chi connectivity index (χ1n) is 5.82. The van der Waals surface area contributed by atoms with Gasteiger partial charge in [-0.2, -0.15) is 0 Å². The fourth-order valence-electron chi connectivity index (χ4n) is 2.09. The normalized spacial score (nSPS) is 10.8. The molecule has 0 saturated heterocycles. The second-order valence-electron chi connectivity index (χ2n) is 4.20. The highest BCUT2D eigenvalue weighted by Gasteiger charge is 2.18. The van der Waals surface area contributed by atoms with Gasteiger partial charge in [0, 0.05) is 0 Å². The highest BCUT2D eigenvalue weighted by Crippen LogP contribution is 2.29. The second-order valence-corrected chi connectivity index (χ2v) is 4.20. The smallest absolute Gasteiger partial charge is 0.325 e. The number of rotatable bonds is 3. The molecule has 0 bridgehead atoms. The van der Waals surface area contributed by atoms with Gasteiger partial charge in [-0.25, -0.2) is 9.07 Å². The minimum atomic E-state index is -1.10. The van der Waals surface area contributed by atoms with Crippen LogP contribution in [-0.4, -0.2) is 31.3 Å². The topological polar surface area (TPSA) is 80.9 Å². The van der Waals surface area contributed by atoms with Crippen LogP contribution in [0.5, 0.6) is 0 Å². The fourth-order valence-corrected chi connectivity index (χ4v) is 2.09. The van der Waals surface area contributed by atoms with Crippen molar-refractivity contribution in [2.75, 3.05) is 0 Å². The van der Waals surface area contributed by atoms with Crippen molar-refractivity contribution in [3.05, 3.63) is 42.2 Å². The van der Waals surface area contributed by atoms with Crippen LogP contribution in [0.3, 0.4) is 0 Å². The van der Waals surface area contributed by atoms with Crippen LogP contribution in [0.25, 0.3) is 22.2 Å². The van der Waals surface area contributed by atoms with E-state index < -0.39 is 18.3 Å². The number of carbonyl (C=O) groups is 1. The molecule has 0 aliphatic heterocycles. The van der Waals surface area contributed by atoms with E-state index in [4.69, 9.17) is 5.11 Å². The molecule has 1 N–H and O–H groups in total. The highest BCUT2D eigenvalue weighted by atomic mass is 19.1. The predicted molar refractivity (Wildman–Crippen MR) is 68.4 cm³/mol. The van der Waals surface area contributed by atoms with Gasteiger partial charge in [-0.1, -0.05) is 30.3 Å². The Kier molecular flexibility index (Phi) is 2.86. The van der Waals surface area contributed by atoms with Gasteiger partial charge in [0.2, 0.25) is 0 Å². The van der Waals surface area contributed by atoms with Crippen molar-refractivity contribution in [1.29, 1.82) is 0 Å². The maximum Gasteiger partial charge on any atom is 0.325 e. The summed E-state index contributed by atoms with van der Waals surface area (Å²) in [7, 11) is 0. The summed E-state index contributed by atoms with van der Waals surface area (Å²) in [5, 5.41) is 21.1. The Balaban J connectivity index is 2.27. The van der Waals surface area contributed by atoms with Gasteiger partial charge in [0.05, 0.1) is 5.56 Å². The van der Waals surface area contributed by atoms with E-state index in [1.54, 1.807) is 18.2 Å². The SMILES string of the molecule is O=C(O)Cn1nnnc1-c1c(F)ccc2ccccc12. The van der Waals surface area contributed by atoms with Gasteiger partial charge in [0.1, 0.15) is 12.4 Å². The Labute approximate surface area is 112 Å². The predicted octanol–water partition coefficient (Wildman–Crippen LogP) is 1.72. The molecule has 7 heteroatoms. The van der Waals surface area contributed by atoms with E-state index in [2.05, 4.69) is 15.5 Å². The summed E-state index contributed by atoms with van der Waals surface area (Å²) < 4.78 is 15.2. The number of aromatic nitrogens is 4. The van der Waals surface area contributed by atoms with Gasteiger partial charge in [0.25, 0.3) is 0 Å². The number of carboxylic acid groups (broad SMARTS) is 1. The molecule has 0 atom stereocenters. The van der Waals surface area contributed by atoms with Crippen molar-refractivity contribution in [2.45, 2.75) is 6.54 Å². The zero-order chi connectivity index (χ0) is 14.1. The molecule has 1 heterocycles.